The molecule has 0 aromatic carbocycles. The molecule has 0 spiro atoms. The van der Waals surface area contributed by atoms with Gasteiger partial charge in [-0.1, -0.05) is 32.8 Å². The minimum Gasteiger partial charge on any atom is -0.295 e. The molecule has 98 valence electrons. The zero-order valence-corrected chi connectivity index (χ0v) is 12.9. The summed E-state index contributed by atoms with van der Waals surface area (Å²) >= 11 is 7.10. The van der Waals surface area contributed by atoms with E-state index in [9.17, 15) is 0 Å². The van der Waals surface area contributed by atoms with Crippen LogP contribution in [0.25, 0.3) is 0 Å². The Morgan fingerprint density at radius 2 is 1.65 bits per heavy atom. The van der Waals surface area contributed by atoms with Gasteiger partial charge in [-0.2, -0.15) is 0 Å². The van der Waals surface area contributed by atoms with Crippen molar-refractivity contribution in [2.45, 2.75) is 57.7 Å². The van der Waals surface area contributed by atoms with Crippen LogP contribution in [0.3, 0.4) is 0 Å². The van der Waals surface area contributed by atoms with Crippen LogP contribution in [0.5, 0.6) is 0 Å². The molecular formula is C13H25ClN2Si. The zero-order chi connectivity index (χ0) is 12.5. The standard InChI is InChI=1S/C13H25ClN2Si/c1-4-11-17(14)15(5-2)12-9-7-8-10-13(12)16(17)6-3/h4,12-13H,1,5-11H2,2-3H3/t12-,13?,17?/m0/s1. The lowest BCUT2D eigenvalue weighted by atomic mass is 9.90. The molecule has 2 nitrogen and oxygen atoms in total. The van der Waals surface area contributed by atoms with Crippen molar-refractivity contribution in [3.05, 3.63) is 12.7 Å². The van der Waals surface area contributed by atoms with E-state index in [2.05, 4.69) is 29.6 Å². The summed E-state index contributed by atoms with van der Waals surface area (Å²) in [5, 5.41) is 0. The van der Waals surface area contributed by atoms with Crippen molar-refractivity contribution in [1.82, 2.24) is 9.13 Å². The monoisotopic (exact) mass is 272 g/mol. The van der Waals surface area contributed by atoms with E-state index >= 15 is 0 Å². The van der Waals surface area contributed by atoms with Gasteiger partial charge in [0.05, 0.1) is 0 Å². The van der Waals surface area contributed by atoms with Crippen LogP contribution in [0.1, 0.15) is 39.5 Å². The van der Waals surface area contributed by atoms with E-state index < -0.39 is 7.71 Å². The van der Waals surface area contributed by atoms with Gasteiger partial charge < -0.3 is 0 Å². The molecule has 4 heteroatoms. The number of hydrogen-bond donors (Lipinski definition) is 0. The minimum absolute atomic E-state index is 0.720. The maximum absolute atomic E-state index is 7.10. The summed E-state index contributed by atoms with van der Waals surface area (Å²) in [4.78, 5) is 0. The highest BCUT2D eigenvalue weighted by atomic mass is 35.6. The van der Waals surface area contributed by atoms with Crippen molar-refractivity contribution in [1.29, 1.82) is 0 Å². The number of nitrogens with zero attached hydrogens (tertiary/aromatic N) is 2. The van der Waals surface area contributed by atoms with Crippen molar-refractivity contribution in [2.24, 2.45) is 0 Å². The van der Waals surface area contributed by atoms with Crippen LogP contribution in [0.15, 0.2) is 12.7 Å². The number of fused-ring (bicyclic) bond motifs is 1. The molecule has 1 aliphatic carbocycles. The van der Waals surface area contributed by atoms with Gasteiger partial charge >= 0.3 is 7.71 Å². The van der Waals surface area contributed by atoms with E-state index in [0.717, 1.165) is 31.2 Å². The first kappa shape index (κ1) is 13.6. The van der Waals surface area contributed by atoms with Gasteiger partial charge in [0.2, 0.25) is 0 Å². The Labute approximate surface area is 111 Å². The Hall–Kier alpha value is 0.167. The number of likely N-dealkylation sites (N-methyl/N-ethyl adjacent to an activating group) is 2. The molecule has 17 heavy (non-hydrogen) atoms. The molecule has 1 saturated carbocycles. The maximum Gasteiger partial charge on any atom is 0.311 e. The van der Waals surface area contributed by atoms with Gasteiger partial charge in [0, 0.05) is 18.1 Å². The van der Waals surface area contributed by atoms with Gasteiger partial charge in [0.1, 0.15) is 0 Å². The largest absolute Gasteiger partial charge is 0.311 e. The summed E-state index contributed by atoms with van der Waals surface area (Å²) in [6, 6.07) is 2.43. The van der Waals surface area contributed by atoms with Crippen LogP contribution in [-0.2, 0) is 0 Å². The van der Waals surface area contributed by atoms with Crippen LogP contribution >= 0.6 is 11.1 Å². The van der Waals surface area contributed by atoms with Gasteiger partial charge in [-0.05, 0) is 25.9 Å². The van der Waals surface area contributed by atoms with E-state index in [0.29, 0.717) is 0 Å². The van der Waals surface area contributed by atoms with Crippen molar-refractivity contribution in [3.8, 4) is 0 Å². The van der Waals surface area contributed by atoms with Gasteiger partial charge in [-0.25, -0.2) is 0 Å². The second-order valence-corrected chi connectivity index (χ2v) is 10.0. The molecule has 0 amide bonds. The Bertz CT molecular complexity index is 265. The lowest BCUT2D eigenvalue weighted by Gasteiger charge is -2.35. The molecule has 2 rings (SSSR count). The molecule has 1 saturated heterocycles. The molecule has 1 heterocycles. The fourth-order valence-electron chi connectivity index (χ4n) is 3.86. The lowest BCUT2D eigenvalue weighted by Crippen LogP contribution is -2.55. The fraction of sp³-hybridized carbons (Fsp3) is 0.846. The summed E-state index contributed by atoms with van der Waals surface area (Å²) in [6.07, 6.45) is 7.47. The molecule has 0 N–H and O–H groups in total. The Morgan fingerprint density at radius 3 is 2.00 bits per heavy atom. The molecule has 2 aliphatic rings. The zero-order valence-electron chi connectivity index (χ0n) is 11.2. The van der Waals surface area contributed by atoms with Gasteiger partial charge in [0.25, 0.3) is 0 Å². The van der Waals surface area contributed by atoms with Crippen molar-refractivity contribution < 1.29 is 0 Å². The van der Waals surface area contributed by atoms with Gasteiger partial charge in [0.15, 0.2) is 0 Å². The van der Waals surface area contributed by atoms with E-state index in [-0.39, 0.29) is 0 Å². The average molecular weight is 273 g/mol. The summed E-state index contributed by atoms with van der Waals surface area (Å²) in [5.41, 5.74) is 0. The first-order valence-corrected chi connectivity index (χ1v) is 10.1. The maximum atomic E-state index is 7.10. The van der Waals surface area contributed by atoms with Crippen molar-refractivity contribution in [3.63, 3.8) is 0 Å². The van der Waals surface area contributed by atoms with Crippen LogP contribution in [0.2, 0.25) is 6.04 Å². The first-order valence-electron chi connectivity index (χ1n) is 7.02. The smallest absolute Gasteiger partial charge is 0.295 e. The Kier molecular flexibility index (Phi) is 4.34. The molecule has 0 aromatic rings. The summed E-state index contributed by atoms with van der Waals surface area (Å²) in [6.45, 7) is 10.6. The number of halogens is 1. The quantitative estimate of drug-likeness (QED) is 0.440. The fourth-order valence-corrected chi connectivity index (χ4v) is 9.41. The summed E-state index contributed by atoms with van der Waals surface area (Å²) in [7, 11) is -1.95. The van der Waals surface area contributed by atoms with Crippen LogP contribution in [0.4, 0.5) is 0 Å². The van der Waals surface area contributed by atoms with Crippen LogP contribution < -0.4 is 0 Å². The van der Waals surface area contributed by atoms with Crippen molar-refractivity contribution in [2.75, 3.05) is 13.1 Å². The Morgan fingerprint density at radius 1 is 1.18 bits per heavy atom. The molecule has 2 unspecified atom stereocenters. The van der Waals surface area contributed by atoms with E-state index in [1.165, 1.54) is 25.7 Å². The van der Waals surface area contributed by atoms with E-state index in [4.69, 9.17) is 11.1 Å². The van der Waals surface area contributed by atoms with Gasteiger partial charge in [-0.3, -0.25) is 9.13 Å². The topological polar surface area (TPSA) is 6.48 Å². The highest BCUT2D eigenvalue weighted by Gasteiger charge is 2.57. The van der Waals surface area contributed by atoms with E-state index in [1.54, 1.807) is 0 Å². The number of rotatable bonds is 4. The minimum atomic E-state index is -1.95. The second kappa shape index (κ2) is 5.43. The first-order chi connectivity index (χ1) is 8.19. The SMILES string of the molecule is C=CC[Si]1(Cl)N(CC)C2CCCC[C@@H]2N1CC. The molecule has 0 bridgehead atoms. The third-order valence-electron chi connectivity index (χ3n) is 4.46. The molecule has 0 radical (unpaired) electrons. The van der Waals surface area contributed by atoms with E-state index in [1.807, 2.05) is 6.08 Å². The molecule has 1 aliphatic heterocycles. The third kappa shape index (κ3) is 2.12. The highest BCUT2D eigenvalue weighted by Crippen LogP contribution is 2.43. The molecule has 3 atom stereocenters. The molecule has 0 aromatic heterocycles. The normalized spacial score (nSPS) is 39.2. The summed E-state index contributed by atoms with van der Waals surface area (Å²) < 4.78 is 5.28. The molecule has 2 fully saturated rings. The third-order valence-corrected chi connectivity index (χ3v) is 10.1. The van der Waals surface area contributed by atoms with Crippen molar-refractivity contribution >= 4 is 18.8 Å². The number of hydrogen-bond acceptors (Lipinski definition) is 2. The molecular weight excluding hydrogens is 248 g/mol. The summed E-state index contributed by atoms with van der Waals surface area (Å²) in [5.74, 6) is 0. The average Bonchev–Trinajstić information content (AvgIpc) is 2.56. The van der Waals surface area contributed by atoms with Gasteiger partial charge in [-0.15, -0.1) is 17.7 Å². The second-order valence-electron chi connectivity index (χ2n) is 5.20. The predicted octanol–water partition coefficient (Wildman–Crippen LogP) is 3.32. The van der Waals surface area contributed by atoms with Crippen LogP contribution in [0, 0.1) is 0 Å². The Balaban J connectivity index is 2.30. The van der Waals surface area contributed by atoms with Crippen LogP contribution in [-0.4, -0.2) is 42.0 Å². The lowest BCUT2D eigenvalue weighted by molar-refractivity contribution is 0.210. The highest BCUT2D eigenvalue weighted by molar-refractivity contribution is 7.17. The number of allylic oxidation sites excluding steroid dienone is 1. The predicted molar refractivity (Wildman–Crippen MR) is 77.4 cm³/mol.